The Hall–Kier alpha value is -2.30. The second kappa shape index (κ2) is 5.83. The number of benzene rings is 1. The molecule has 0 aliphatic carbocycles. The average molecular weight is 300 g/mol. The van der Waals surface area contributed by atoms with E-state index >= 15 is 0 Å². The predicted octanol–water partition coefficient (Wildman–Crippen LogP) is 1.24. The normalized spacial score (nSPS) is 18.5. The van der Waals surface area contributed by atoms with Crippen LogP contribution in [0.5, 0.6) is 5.75 Å². The van der Waals surface area contributed by atoms with Gasteiger partial charge >= 0.3 is 0 Å². The fourth-order valence-corrected chi connectivity index (χ4v) is 3.27. The van der Waals surface area contributed by atoms with Gasteiger partial charge in [-0.2, -0.15) is 0 Å². The molecule has 0 bridgehead atoms. The third-order valence-electron chi connectivity index (χ3n) is 4.63. The smallest absolute Gasteiger partial charge is 0.243 e. The van der Waals surface area contributed by atoms with E-state index in [1.54, 1.807) is 0 Å². The lowest BCUT2D eigenvalue weighted by atomic mass is 9.74. The van der Waals surface area contributed by atoms with E-state index in [1.165, 1.54) is 11.6 Å². The first-order chi connectivity index (χ1) is 10.6. The number of para-hydroxylation sites is 1. The monoisotopic (exact) mass is 300 g/mol. The Balaban J connectivity index is 1.60. The molecule has 1 N–H and O–H groups in total. The maximum absolute atomic E-state index is 12.1. The van der Waals surface area contributed by atoms with Gasteiger partial charge in [0.05, 0.1) is 13.2 Å². The predicted molar refractivity (Wildman–Crippen MR) is 82.6 cm³/mol. The van der Waals surface area contributed by atoms with E-state index in [0.717, 1.165) is 18.6 Å². The molecule has 5 heteroatoms. The summed E-state index contributed by atoms with van der Waals surface area (Å²) < 4.78 is 5.81. The van der Waals surface area contributed by atoms with Crippen LogP contribution in [0.15, 0.2) is 36.9 Å². The van der Waals surface area contributed by atoms with Crippen molar-refractivity contribution < 1.29 is 14.3 Å². The van der Waals surface area contributed by atoms with Crippen LogP contribution < -0.4 is 10.1 Å². The van der Waals surface area contributed by atoms with Crippen LogP contribution in [0.25, 0.3) is 0 Å². The molecule has 2 amide bonds. The Morgan fingerprint density at radius 2 is 2.05 bits per heavy atom. The molecule has 116 valence electrons. The minimum Gasteiger partial charge on any atom is -0.492 e. The van der Waals surface area contributed by atoms with Crippen LogP contribution in [0.3, 0.4) is 0 Å². The van der Waals surface area contributed by atoms with Gasteiger partial charge in [-0.1, -0.05) is 24.8 Å². The third kappa shape index (κ3) is 2.58. The van der Waals surface area contributed by atoms with Gasteiger partial charge in [-0.3, -0.25) is 9.59 Å². The van der Waals surface area contributed by atoms with Gasteiger partial charge < -0.3 is 15.0 Å². The highest BCUT2D eigenvalue weighted by molar-refractivity contribution is 5.90. The molecule has 1 spiro atoms. The van der Waals surface area contributed by atoms with Gasteiger partial charge in [-0.25, -0.2) is 0 Å². The van der Waals surface area contributed by atoms with E-state index in [-0.39, 0.29) is 23.8 Å². The van der Waals surface area contributed by atoms with E-state index in [1.807, 2.05) is 23.1 Å². The van der Waals surface area contributed by atoms with E-state index < -0.39 is 0 Å². The molecule has 2 aliphatic rings. The summed E-state index contributed by atoms with van der Waals surface area (Å²) in [6, 6.07) is 8.16. The van der Waals surface area contributed by atoms with Crippen molar-refractivity contribution in [1.82, 2.24) is 10.2 Å². The van der Waals surface area contributed by atoms with Gasteiger partial charge in [-0.05, 0) is 25.0 Å². The SMILES string of the molecule is C=CC(=O)NCC(=O)N1CCC2(CC1)COc1ccccc12. The number of amides is 2. The number of piperidine rings is 1. The van der Waals surface area contributed by atoms with Crippen molar-refractivity contribution >= 4 is 11.8 Å². The van der Waals surface area contributed by atoms with E-state index in [0.29, 0.717) is 19.7 Å². The Labute approximate surface area is 129 Å². The minimum atomic E-state index is -0.319. The second-order valence-electron chi connectivity index (χ2n) is 5.87. The van der Waals surface area contributed by atoms with E-state index in [9.17, 15) is 9.59 Å². The summed E-state index contributed by atoms with van der Waals surface area (Å²) >= 11 is 0. The Bertz CT molecular complexity index is 604. The largest absolute Gasteiger partial charge is 0.492 e. The molecular formula is C17H20N2O3. The Morgan fingerprint density at radius 1 is 1.32 bits per heavy atom. The van der Waals surface area contributed by atoms with Gasteiger partial charge in [0.2, 0.25) is 11.8 Å². The molecule has 1 fully saturated rings. The standard InChI is InChI=1S/C17H20N2O3/c1-2-15(20)18-11-16(21)19-9-7-17(8-10-19)12-22-14-6-4-3-5-13(14)17/h2-6H,1,7-12H2,(H,18,20). The van der Waals surface area contributed by atoms with Crippen molar-refractivity contribution in [2.45, 2.75) is 18.3 Å². The second-order valence-corrected chi connectivity index (χ2v) is 5.87. The highest BCUT2D eigenvalue weighted by Gasteiger charge is 2.43. The molecule has 22 heavy (non-hydrogen) atoms. The van der Waals surface area contributed by atoms with Gasteiger partial charge in [0.25, 0.3) is 0 Å². The summed E-state index contributed by atoms with van der Waals surface area (Å²) in [4.78, 5) is 25.1. The molecule has 0 atom stereocenters. The lowest BCUT2D eigenvalue weighted by Gasteiger charge is -2.38. The zero-order valence-electron chi connectivity index (χ0n) is 12.5. The first kappa shape index (κ1) is 14.6. The first-order valence-corrected chi connectivity index (χ1v) is 7.55. The van der Waals surface area contributed by atoms with Crippen molar-refractivity contribution in [2.75, 3.05) is 26.2 Å². The van der Waals surface area contributed by atoms with Crippen LogP contribution >= 0.6 is 0 Å². The molecule has 5 nitrogen and oxygen atoms in total. The van der Waals surface area contributed by atoms with Crippen LogP contribution in [0.1, 0.15) is 18.4 Å². The summed E-state index contributed by atoms with van der Waals surface area (Å²) in [6.07, 6.45) is 2.96. The molecular weight excluding hydrogens is 280 g/mol. The number of rotatable bonds is 3. The summed E-state index contributed by atoms with van der Waals surface area (Å²) in [6.45, 7) is 5.49. The zero-order chi connectivity index (χ0) is 15.6. The number of nitrogens with zero attached hydrogens (tertiary/aromatic N) is 1. The minimum absolute atomic E-state index is 0.0327. The maximum atomic E-state index is 12.1. The number of hydrogen-bond donors (Lipinski definition) is 1. The molecule has 0 saturated carbocycles. The number of carbonyl (C=O) groups is 2. The molecule has 0 unspecified atom stereocenters. The van der Waals surface area contributed by atoms with Crippen LogP contribution in [0.2, 0.25) is 0 Å². The van der Waals surface area contributed by atoms with Crippen molar-refractivity contribution in [3.63, 3.8) is 0 Å². The van der Waals surface area contributed by atoms with Crippen molar-refractivity contribution in [2.24, 2.45) is 0 Å². The van der Waals surface area contributed by atoms with Crippen LogP contribution in [-0.2, 0) is 15.0 Å². The van der Waals surface area contributed by atoms with Crippen molar-refractivity contribution in [1.29, 1.82) is 0 Å². The molecule has 1 aromatic rings. The lowest BCUT2D eigenvalue weighted by Crippen LogP contribution is -2.48. The Kier molecular flexibility index (Phi) is 3.88. The number of hydrogen-bond acceptors (Lipinski definition) is 3. The summed E-state index contributed by atoms with van der Waals surface area (Å²) in [5, 5.41) is 2.53. The van der Waals surface area contributed by atoms with Crippen molar-refractivity contribution in [3.8, 4) is 5.75 Å². The molecule has 0 aromatic heterocycles. The van der Waals surface area contributed by atoms with Crippen LogP contribution in [0, 0.1) is 0 Å². The highest BCUT2D eigenvalue weighted by Crippen LogP contribution is 2.45. The van der Waals surface area contributed by atoms with E-state index in [2.05, 4.69) is 18.0 Å². The fourth-order valence-electron chi connectivity index (χ4n) is 3.27. The first-order valence-electron chi connectivity index (χ1n) is 7.55. The van der Waals surface area contributed by atoms with Gasteiger partial charge in [0.15, 0.2) is 0 Å². The molecule has 1 aromatic carbocycles. The number of nitrogens with one attached hydrogen (secondary N) is 1. The molecule has 1 saturated heterocycles. The molecule has 0 radical (unpaired) electrons. The van der Waals surface area contributed by atoms with Gasteiger partial charge in [0, 0.05) is 24.1 Å². The van der Waals surface area contributed by atoms with Gasteiger partial charge in [0.1, 0.15) is 5.75 Å². The number of carbonyl (C=O) groups excluding carboxylic acids is 2. The summed E-state index contributed by atoms with van der Waals surface area (Å²) in [7, 11) is 0. The highest BCUT2D eigenvalue weighted by atomic mass is 16.5. The molecule has 3 rings (SSSR count). The van der Waals surface area contributed by atoms with Gasteiger partial charge in [-0.15, -0.1) is 0 Å². The summed E-state index contributed by atoms with van der Waals surface area (Å²) in [5.74, 6) is 0.609. The topological polar surface area (TPSA) is 58.6 Å². The zero-order valence-corrected chi connectivity index (χ0v) is 12.5. The Morgan fingerprint density at radius 3 is 2.77 bits per heavy atom. The van der Waals surface area contributed by atoms with Crippen LogP contribution in [0.4, 0.5) is 0 Å². The lowest BCUT2D eigenvalue weighted by molar-refractivity contribution is -0.133. The average Bonchev–Trinajstić information content (AvgIpc) is 2.92. The number of likely N-dealkylation sites (tertiary alicyclic amines) is 1. The quantitative estimate of drug-likeness (QED) is 0.855. The maximum Gasteiger partial charge on any atom is 0.243 e. The third-order valence-corrected chi connectivity index (χ3v) is 4.63. The van der Waals surface area contributed by atoms with Crippen molar-refractivity contribution in [3.05, 3.63) is 42.5 Å². The number of fused-ring (bicyclic) bond motifs is 2. The fraction of sp³-hybridized carbons (Fsp3) is 0.412. The molecule has 2 heterocycles. The summed E-state index contributed by atoms with van der Waals surface area (Å²) in [5.41, 5.74) is 1.31. The number of ether oxygens (including phenoxy) is 1. The molecule has 2 aliphatic heterocycles. The van der Waals surface area contributed by atoms with E-state index in [4.69, 9.17) is 4.74 Å². The van der Waals surface area contributed by atoms with Crippen LogP contribution in [-0.4, -0.2) is 43.0 Å².